The van der Waals surface area contributed by atoms with Gasteiger partial charge in [-0.15, -0.1) is 12.4 Å². The zero-order valence-corrected chi connectivity index (χ0v) is 7.51. The second kappa shape index (κ2) is 3.90. The van der Waals surface area contributed by atoms with Gasteiger partial charge in [0, 0.05) is 0 Å². The molecule has 1 aliphatic carbocycles. The molecule has 0 bridgehead atoms. The van der Waals surface area contributed by atoms with E-state index in [2.05, 4.69) is 18.2 Å². The Morgan fingerprint density at radius 2 is 2.08 bits per heavy atom. The van der Waals surface area contributed by atoms with E-state index < -0.39 is 0 Å². The zero-order chi connectivity index (χ0) is 7.68. The van der Waals surface area contributed by atoms with E-state index in [4.69, 9.17) is 10.7 Å². The van der Waals surface area contributed by atoms with Crippen molar-refractivity contribution in [2.75, 3.05) is 0 Å². The van der Waals surface area contributed by atoms with Crippen LogP contribution >= 0.6 is 12.4 Å². The lowest BCUT2D eigenvalue weighted by Gasteiger charge is -2.06. The van der Waals surface area contributed by atoms with Gasteiger partial charge >= 0.3 is 0 Å². The van der Waals surface area contributed by atoms with Gasteiger partial charge in [-0.05, 0) is 24.0 Å². The van der Waals surface area contributed by atoms with Crippen molar-refractivity contribution in [2.45, 2.75) is 18.9 Å². The molecule has 2 N–H and O–H groups in total. The monoisotopic (exact) mass is 185 g/mol. The second-order valence-electron chi connectivity index (χ2n) is 2.86. The summed E-state index contributed by atoms with van der Waals surface area (Å²) in [6.45, 7) is 0. The number of fused-ring (bicyclic) bond motifs is 1. The van der Waals surface area contributed by atoms with Gasteiger partial charge in [-0.2, -0.15) is 0 Å². The molecule has 0 saturated carbocycles. The van der Waals surface area contributed by atoms with Gasteiger partial charge in [-0.1, -0.05) is 24.3 Å². The van der Waals surface area contributed by atoms with E-state index in [1.807, 2.05) is 6.07 Å². The third kappa shape index (κ3) is 1.46. The second-order valence-corrected chi connectivity index (χ2v) is 2.86. The molecule has 1 unspecified atom stereocenters. The van der Waals surface area contributed by atoms with Crippen LogP contribution in [-0.2, 0) is 11.3 Å². The highest BCUT2D eigenvalue weighted by atomic mass is 35.5. The van der Waals surface area contributed by atoms with E-state index in [-0.39, 0.29) is 18.5 Å². The average Bonchev–Trinajstić information content (AvgIpc) is 2.47. The molecule has 2 rings (SSSR count). The van der Waals surface area contributed by atoms with Gasteiger partial charge in [-0.3, -0.25) is 4.84 Å². The molecule has 2 nitrogen and oxygen atoms in total. The molecule has 12 heavy (non-hydrogen) atoms. The van der Waals surface area contributed by atoms with Crippen LogP contribution in [0.15, 0.2) is 24.3 Å². The maximum atomic E-state index is 5.15. The lowest BCUT2D eigenvalue weighted by Crippen LogP contribution is -2.05. The fourth-order valence-electron chi connectivity index (χ4n) is 1.66. The quantitative estimate of drug-likeness (QED) is 0.680. The van der Waals surface area contributed by atoms with Crippen molar-refractivity contribution in [3.8, 4) is 0 Å². The van der Waals surface area contributed by atoms with E-state index in [0.717, 1.165) is 12.8 Å². The Hall–Kier alpha value is -0.570. The van der Waals surface area contributed by atoms with Crippen LogP contribution in [0.2, 0.25) is 0 Å². The number of aryl methyl sites for hydroxylation is 1. The predicted molar refractivity (Wildman–Crippen MR) is 50.0 cm³/mol. The van der Waals surface area contributed by atoms with Gasteiger partial charge in [0.1, 0.15) is 6.10 Å². The summed E-state index contributed by atoms with van der Waals surface area (Å²) in [5.74, 6) is 5.15. The third-order valence-electron chi connectivity index (χ3n) is 2.24. The first-order valence-corrected chi connectivity index (χ1v) is 3.85. The SMILES string of the molecule is Cl.NOC1CCc2ccccc21. The maximum Gasteiger partial charge on any atom is 0.104 e. The minimum atomic E-state index is 0. The van der Waals surface area contributed by atoms with Crippen molar-refractivity contribution in [3.05, 3.63) is 35.4 Å². The molecule has 1 atom stereocenters. The van der Waals surface area contributed by atoms with Crippen LogP contribution in [0.25, 0.3) is 0 Å². The zero-order valence-electron chi connectivity index (χ0n) is 6.69. The molecule has 0 fully saturated rings. The smallest absolute Gasteiger partial charge is 0.104 e. The molecular weight excluding hydrogens is 174 g/mol. The van der Waals surface area contributed by atoms with Gasteiger partial charge in [0.15, 0.2) is 0 Å². The highest BCUT2D eigenvalue weighted by Gasteiger charge is 2.21. The van der Waals surface area contributed by atoms with Crippen molar-refractivity contribution >= 4 is 12.4 Å². The first-order chi connectivity index (χ1) is 5.42. The van der Waals surface area contributed by atoms with Crippen LogP contribution in [0.4, 0.5) is 0 Å². The number of hydrogen-bond donors (Lipinski definition) is 1. The minimum absolute atomic E-state index is 0. The molecule has 1 aromatic carbocycles. The summed E-state index contributed by atoms with van der Waals surface area (Å²) in [4.78, 5) is 4.84. The van der Waals surface area contributed by atoms with E-state index >= 15 is 0 Å². The molecular formula is C9H12ClNO. The first-order valence-electron chi connectivity index (χ1n) is 3.85. The standard InChI is InChI=1S/C9H11NO.ClH/c10-11-9-6-5-7-3-1-2-4-8(7)9;/h1-4,9H,5-6,10H2;1H. The third-order valence-corrected chi connectivity index (χ3v) is 2.24. The van der Waals surface area contributed by atoms with Crippen LogP contribution in [-0.4, -0.2) is 0 Å². The Morgan fingerprint density at radius 3 is 2.83 bits per heavy atom. The Labute approximate surface area is 78.1 Å². The fourth-order valence-corrected chi connectivity index (χ4v) is 1.66. The predicted octanol–water partition coefficient (Wildman–Crippen LogP) is 1.99. The number of hydrogen-bond acceptors (Lipinski definition) is 2. The molecule has 3 heteroatoms. The number of halogens is 1. The van der Waals surface area contributed by atoms with E-state index in [1.54, 1.807) is 0 Å². The average molecular weight is 186 g/mol. The van der Waals surface area contributed by atoms with Crippen molar-refractivity contribution in [1.82, 2.24) is 0 Å². The van der Waals surface area contributed by atoms with Gasteiger partial charge in [-0.25, -0.2) is 5.90 Å². The summed E-state index contributed by atoms with van der Waals surface area (Å²) in [6.07, 6.45) is 2.25. The van der Waals surface area contributed by atoms with Gasteiger partial charge in [0.2, 0.25) is 0 Å². The summed E-state index contributed by atoms with van der Waals surface area (Å²) < 4.78 is 0. The molecule has 0 radical (unpaired) electrons. The Balaban J connectivity index is 0.000000720. The Bertz CT molecular complexity index is 264. The lowest BCUT2D eigenvalue weighted by atomic mass is 10.1. The molecule has 0 heterocycles. The van der Waals surface area contributed by atoms with Crippen LogP contribution in [0, 0.1) is 0 Å². The minimum Gasteiger partial charge on any atom is -0.297 e. The van der Waals surface area contributed by atoms with Crippen LogP contribution in [0.5, 0.6) is 0 Å². The summed E-state index contributed by atoms with van der Waals surface area (Å²) in [5, 5.41) is 0. The van der Waals surface area contributed by atoms with Gasteiger partial charge < -0.3 is 0 Å². The van der Waals surface area contributed by atoms with E-state index in [1.165, 1.54) is 11.1 Å². The molecule has 66 valence electrons. The maximum absolute atomic E-state index is 5.15. The first kappa shape index (κ1) is 9.52. The summed E-state index contributed by atoms with van der Waals surface area (Å²) >= 11 is 0. The number of rotatable bonds is 1. The van der Waals surface area contributed by atoms with Crippen LogP contribution < -0.4 is 5.90 Å². The molecule has 1 aromatic rings. The lowest BCUT2D eigenvalue weighted by molar-refractivity contribution is 0.0542. The molecule has 0 saturated heterocycles. The van der Waals surface area contributed by atoms with Gasteiger partial charge in [0.05, 0.1) is 0 Å². The topological polar surface area (TPSA) is 35.2 Å². The molecule has 1 aliphatic rings. The number of nitrogens with two attached hydrogens (primary N) is 1. The van der Waals surface area contributed by atoms with Gasteiger partial charge in [0.25, 0.3) is 0 Å². The molecule has 0 amide bonds. The Kier molecular flexibility index (Phi) is 3.09. The number of benzene rings is 1. The highest BCUT2D eigenvalue weighted by molar-refractivity contribution is 5.85. The molecule has 0 spiro atoms. The Morgan fingerprint density at radius 1 is 1.33 bits per heavy atom. The summed E-state index contributed by atoms with van der Waals surface area (Å²) in [5.41, 5.74) is 2.64. The van der Waals surface area contributed by atoms with Crippen molar-refractivity contribution in [2.24, 2.45) is 5.90 Å². The van der Waals surface area contributed by atoms with E-state index in [9.17, 15) is 0 Å². The fraction of sp³-hybridized carbons (Fsp3) is 0.333. The molecule has 0 aromatic heterocycles. The summed E-state index contributed by atoms with van der Waals surface area (Å²) in [7, 11) is 0. The van der Waals surface area contributed by atoms with Crippen molar-refractivity contribution < 1.29 is 4.84 Å². The van der Waals surface area contributed by atoms with Crippen molar-refractivity contribution in [3.63, 3.8) is 0 Å². The highest BCUT2D eigenvalue weighted by Crippen LogP contribution is 2.32. The summed E-state index contributed by atoms with van der Waals surface area (Å²) in [6, 6.07) is 8.29. The normalized spacial score (nSPS) is 19.9. The van der Waals surface area contributed by atoms with Crippen molar-refractivity contribution in [1.29, 1.82) is 0 Å². The molecule has 0 aliphatic heterocycles. The van der Waals surface area contributed by atoms with Crippen LogP contribution in [0.1, 0.15) is 23.7 Å². The largest absolute Gasteiger partial charge is 0.297 e. The van der Waals surface area contributed by atoms with Crippen LogP contribution in [0.3, 0.4) is 0 Å². The van der Waals surface area contributed by atoms with E-state index in [0.29, 0.717) is 0 Å².